The Morgan fingerprint density at radius 2 is 2.00 bits per heavy atom. The van der Waals surface area contributed by atoms with Gasteiger partial charge in [-0.2, -0.15) is 0 Å². The van der Waals surface area contributed by atoms with Gasteiger partial charge in [0, 0.05) is 18.0 Å². The van der Waals surface area contributed by atoms with Gasteiger partial charge in [-0.15, -0.1) is 0 Å². The summed E-state index contributed by atoms with van der Waals surface area (Å²) in [5.41, 5.74) is 5.63. The number of nitrogen functional groups attached to an aromatic ring is 1. The van der Waals surface area contributed by atoms with Gasteiger partial charge in [-0.05, 0) is 18.2 Å². The van der Waals surface area contributed by atoms with E-state index in [1.165, 1.54) is 18.3 Å². The van der Waals surface area contributed by atoms with Crippen LogP contribution in [0, 0.1) is 11.6 Å². The number of pyridine rings is 1. The maximum Gasteiger partial charge on any atom is 0.337 e. The number of benzene rings is 1. The molecule has 0 aliphatic rings. The minimum absolute atomic E-state index is 0.0610. The second-order valence-corrected chi connectivity index (χ2v) is 3.68. The monoisotopic (exact) mass is 265 g/mol. The molecule has 0 fully saturated rings. The quantitative estimate of drug-likeness (QED) is 0.793. The summed E-state index contributed by atoms with van der Waals surface area (Å²) in [6.45, 7) is 0. The molecule has 0 radical (unpaired) electrons. The van der Waals surface area contributed by atoms with Crippen LogP contribution in [0.2, 0.25) is 0 Å². The molecule has 1 aromatic carbocycles. The van der Waals surface area contributed by atoms with Crippen molar-refractivity contribution in [1.29, 1.82) is 0 Å². The van der Waals surface area contributed by atoms with E-state index in [0.29, 0.717) is 0 Å². The Balaban J connectivity index is 2.35. The van der Waals surface area contributed by atoms with Crippen LogP contribution in [0.25, 0.3) is 0 Å². The largest absolute Gasteiger partial charge is 0.478 e. The number of carbonyl (C=O) groups is 1. The fourth-order valence-corrected chi connectivity index (χ4v) is 1.47. The van der Waals surface area contributed by atoms with Gasteiger partial charge >= 0.3 is 5.97 Å². The number of anilines is 3. The highest BCUT2D eigenvalue weighted by molar-refractivity contribution is 5.96. The average Bonchev–Trinajstić information content (AvgIpc) is 2.36. The first kappa shape index (κ1) is 12.7. The van der Waals surface area contributed by atoms with Crippen molar-refractivity contribution in [3.8, 4) is 0 Å². The van der Waals surface area contributed by atoms with Crippen molar-refractivity contribution in [1.82, 2.24) is 4.98 Å². The Bertz CT molecular complexity index is 647. The summed E-state index contributed by atoms with van der Waals surface area (Å²) in [6, 6.07) is 4.39. The lowest BCUT2D eigenvalue weighted by molar-refractivity contribution is 0.0698. The lowest BCUT2D eigenvalue weighted by Gasteiger charge is -2.10. The Labute approximate surface area is 106 Å². The highest BCUT2D eigenvalue weighted by atomic mass is 19.2. The van der Waals surface area contributed by atoms with Crippen LogP contribution in [-0.4, -0.2) is 16.1 Å². The molecule has 1 aromatic heterocycles. The number of hydrogen-bond donors (Lipinski definition) is 3. The molecular weight excluding hydrogens is 256 g/mol. The van der Waals surface area contributed by atoms with E-state index in [-0.39, 0.29) is 22.8 Å². The molecule has 0 atom stereocenters. The molecule has 0 saturated heterocycles. The lowest BCUT2D eigenvalue weighted by atomic mass is 10.2. The normalized spacial score (nSPS) is 10.2. The first-order chi connectivity index (χ1) is 8.99. The van der Waals surface area contributed by atoms with Crippen LogP contribution in [0.3, 0.4) is 0 Å². The number of hydrogen-bond acceptors (Lipinski definition) is 4. The fraction of sp³-hybridized carbons (Fsp3) is 0. The van der Waals surface area contributed by atoms with Gasteiger partial charge in [0.1, 0.15) is 0 Å². The van der Waals surface area contributed by atoms with Crippen LogP contribution < -0.4 is 11.1 Å². The Morgan fingerprint density at radius 1 is 1.26 bits per heavy atom. The average molecular weight is 265 g/mol. The van der Waals surface area contributed by atoms with E-state index in [9.17, 15) is 13.6 Å². The summed E-state index contributed by atoms with van der Waals surface area (Å²) in [5, 5.41) is 11.5. The van der Waals surface area contributed by atoms with Crippen molar-refractivity contribution < 1.29 is 18.7 Å². The van der Waals surface area contributed by atoms with Crippen LogP contribution in [-0.2, 0) is 0 Å². The zero-order valence-electron chi connectivity index (χ0n) is 9.52. The zero-order valence-corrected chi connectivity index (χ0v) is 9.52. The van der Waals surface area contributed by atoms with Crippen molar-refractivity contribution in [3.05, 3.63) is 47.7 Å². The van der Waals surface area contributed by atoms with Crippen molar-refractivity contribution in [2.24, 2.45) is 0 Å². The van der Waals surface area contributed by atoms with Crippen LogP contribution in [0.4, 0.5) is 26.0 Å². The molecule has 5 nitrogen and oxygen atoms in total. The number of aromatic nitrogens is 1. The second-order valence-electron chi connectivity index (χ2n) is 3.68. The van der Waals surface area contributed by atoms with Gasteiger partial charge in [0.15, 0.2) is 17.5 Å². The van der Waals surface area contributed by atoms with E-state index < -0.39 is 17.6 Å². The summed E-state index contributed by atoms with van der Waals surface area (Å²) in [5.74, 6) is -3.15. The number of nitrogens with two attached hydrogens (primary N) is 1. The summed E-state index contributed by atoms with van der Waals surface area (Å²) in [7, 11) is 0. The minimum atomic E-state index is -1.20. The number of carboxylic acid groups (broad SMARTS) is 1. The topological polar surface area (TPSA) is 88.2 Å². The predicted molar refractivity (Wildman–Crippen MR) is 65.2 cm³/mol. The van der Waals surface area contributed by atoms with E-state index in [4.69, 9.17) is 10.8 Å². The van der Waals surface area contributed by atoms with Crippen LogP contribution >= 0.6 is 0 Å². The lowest BCUT2D eigenvalue weighted by Crippen LogP contribution is -2.07. The molecule has 0 spiro atoms. The van der Waals surface area contributed by atoms with E-state index in [2.05, 4.69) is 10.3 Å². The van der Waals surface area contributed by atoms with Gasteiger partial charge in [0.05, 0.1) is 11.3 Å². The van der Waals surface area contributed by atoms with Gasteiger partial charge in [-0.25, -0.2) is 18.6 Å². The molecule has 0 aliphatic carbocycles. The summed E-state index contributed by atoms with van der Waals surface area (Å²) < 4.78 is 25.8. The first-order valence-corrected chi connectivity index (χ1v) is 5.19. The second kappa shape index (κ2) is 4.89. The molecule has 7 heteroatoms. The van der Waals surface area contributed by atoms with Crippen molar-refractivity contribution in [3.63, 3.8) is 0 Å². The molecule has 98 valence electrons. The smallest absolute Gasteiger partial charge is 0.337 e. The van der Waals surface area contributed by atoms with E-state index >= 15 is 0 Å². The highest BCUT2D eigenvalue weighted by Crippen LogP contribution is 2.24. The molecule has 0 unspecified atom stereocenters. The van der Waals surface area contributed by atoms with Crippen LogP contribution in [0.1, 0.15) is 10.4 Å². The summed E-state index contributed by atoms with van der Waals surface area (Å²) in [4.78, 5) is 14.7. The van der Waals surface area contributed by atoms with Gasteiger partial charge < -0.3 is 16.2 Å². The van der Waals surface area contributed by atoms with Gasteiger partial charge in [0.25, 0.3) is 0 Å². The molecule has 1 heterocycles. The van der Waals surface area contributed by atoms with Gasteiger partial charge in [0.2, 0.25) is 0 Å². The van der Waals surface area contributed by atoms with Crippen LogP contribution in [0.15, 0.2) is 30.5 Å². The number of carboxylic acids is 1. The predicted octanol–water partition coefficient (Wildman–Crippen LogP) is 2.38. The number of nitrogens with zero attached hydrogens (tertiary/aromatic N) is 1. The van der Waals surface area contributed by atoms with Crippen molar-refractivity contribution in [2.45, 2.75) is 0 Å². The summed E-state index contributed by atoms with van der Waals surface area (Å²) in [6.07, 6.45) is 1.25. The maximum absolute atomic E-state index is 13.0. The fourth-order valence-electron chi connectivity index (χ4n) is 1.47. The molecule has 0 saturated carbocycles. The third kappa shape index (κ3) is 2.59. The van der Waals surface area contributed by atoms with Gasteiger partial charge in [-0.3, -0.25) is 0 Å². The number of aromatic carboxylic acids is 1. The molecule has 0 bridgehead atoms. The molecule has 2 aromatic rings. The molecule has 2 rings (SSSR count). The highest BCUT2D eigenvalue weighted by Gasteiger charge is 2.12. The van der Waals surface area contributed by atoms with Crippen molar-refractivity contribution in [2.75, 3.05) is 11.1 Å². The Kier molecular flexibility index (Phi) is 3.28. The van der Waals surface area contributed by atoms with E-state index in [1.807, 2.05) is 0 Å². The number of nitrogens with one attached hydrogen (secondary N) is 1. The summed E-state index contributed by atoms with van der Waals surface area (Å²) >= 11 is 0. The zero-order chi connectivity index (χ0) is 14.0. The van der Waals surface area contributed by atoms with Gasteiger partial charge in [-0.1, -0.05) is 0 Å². The third-order valence-electron chi connectivity index (χ3n) is 2.40. The van der Waals surface area contributed by atoms with E-state index in [0.717, 1.165) is 12.1 Å². The maximum atomic E-state index is 13.0. The standard InChI is InChI=1S/C12H9F2N3O2/c13-8-2-1-6(5-9(8)14)17-11-10(15)7(12(18)19)3-4-16-11/h1-5H,15H2,(H,16,17)(H,18,19). The van der Waals surface area contributed by atoms with E-state index in [1.54, 1.807) is 0 Å². The third-order valence-corrected chi connectivity index (χ3v) is 2.40. The number of rotatable bonds is 3. The van der Waals surface area contributed by atoms with Crippen LogP contribution in [0.5, 0.6) is 0 Å². The number of halogens is 2. The minimum Gasteiger partial charge on any atom is -0.478 e. The Morgan fingerprint density at radius 3 is 2.63 bits per heavy atom. The molecular formula is C12H9F2N3O2. The SMILES string of the molecule is Nc1c(C(=O)O)ccnc1Nc1ccc(F)c(F)c1. The van der Waals surface area contributed by atoms with Crippen molar-refractivity contribution >= 4 is 23.2 Å². The Hall–Kier alpha value is -2.70. The first-order valence-electron chi connectivity index (χ1n) is 5.19. The molecule has 19 heavy (non-hydrogen) atoms. The molecule has 0 aliphatic heterocycles. The molecule has 4 N–H and O–H groups in total. The molecule has 0 amide bonds.